The van der Waals surface area contributed by atoms with Gasteiger partial charge in [0, 0.05) is 10.4 Å². The maximum absolute atomic E-state index is 12.7. The van der Waals surface area contributed by atoms with Crippen LogP contribution in [0.3, 0.4) is 0 Å². The van der Waals surface area contributed by atoms with Gasteiger partial charge in [-0.15, -0.1) is 11.3 Å². The molecule has 0 bridgehead atoms. The van der Waals surface area contributed by atoms with Crippen molar-refractivity contribution >= 4 is 27.3 Å². The zero-order valence-corrected chi connectivity index (χ0v) is 15.9. The molecule has 0 radical (unpaired) electrons. The minimum absolute atomic E-state index is 0.0131. The Morgan fingerprint density at radius 3 is 2.37 bits per heavy atom. The van der Waals surface area contributed by atoms with Crippen LogP contribution in [-0.2, 0) is 6.54 Å². The third kappa shape index (κ3) is 3.22. The number of carbonyl (C=O) groups excluding carboxylic acids is 1. The number of thiophene rings is 1. The minimum atomic E-state index is -0.156. The summed E-state index contributed by atoms with van der Waals surface area (Å²) in [5.74, 6) is -0.109. The van der Waals surface area contributed by atoms with E-state index in [1.807, 2.05) is 68.4 Å². The summed E-state index contributed by atoms with van der Waals surface area (Å²) < 4.78 is 1.40. The Morgan fingerprint density at radius 2 is 1.67 bits per heavy atom. The topological polar surface area (TPSA) is 52.0 Å². The Bertz CT molecular complexity index is 1190. The quantitative estimate of drug-likeness (QED) is 0.490. The summed E-state index contributed by atoms with van der Waals surface area (Å²) in [5.41, 5.74) is 3.53. The van der Waals surface area contributed by atoms with Gasteiger partial charge in [-0.3, -0.25) is 14.2 Å². The van der Waals surface area contributed by atoms with E-state index in [4.69, 9.17) is 0 Å². The lowest BCUT2D eigenvalue weighted by Gasteiger charge is -2.06. The van der Waals surface area contributed by atoms with E-state index in [-0.39, 0.29) is 17.9 Å². The normalized spacial score (nSPS) is 11.0. The maximum Gasteiger partial charge on any atom is 0.262 e. The fraction of sp³-hybridized carbons (Fsp3) is 0.136. The number of fused-ring (bicyclic) bond motifs is 1. The van der Waals surface area contributed by atoms with Crippen LogP contribution in [0.15, 0.2) is 65.7 Å². The second-order valence-corrected chi connectivity index (χ2v) is 7.71. The number of Topliss-reactive ketones (excluding diaryl/α,β-unsaturated/α-hetero) is 1. The second-order valence-electron chi connectivity index (χ2n) is 6.51. The molecule has 0 atom stereocenters. The number of rotatable bonds is 4. The number of ketones is 1. The second kappa shape index (κ2) is 6.93. The van der Waals surface area contributed by atoms with Crippen molar-refractivity contribution in [3.63, 3.8) is 0 Å². The molecule has 2 aromatic heterocycles. The molecule has 0 amide bonds. The highest BCUT2D eigenvalue weighted by Gasteiger charge is 2.14. The number of carbonyl (C=O) groups is 1. The first-order valence-electron chi connectivity index (χ1n) is 8.68. The summed E-state index contributed by atoms with van der Waals surface area (Å²) in [4.78, 5) is 31.6. The largest absolute Gasteiger partial charge is 0.292 e. The number of benzene rings is 2. The molecule has 2 heterocycles. The van der Waals surface area contributed by atoms with Crippen LogP contribution in [0.4, 0.5) is 0 Å². The molecule has 4 nitrogen and oxygen atoms in total. The molecular weight excluding hydrogens is 356 g/mol. The fourth-order valence-corrected chi connectivity index (χ4v) is 4.10. The van der Waals surface area contributed by atoms with Gasteiger partial charge in [0.15, 0.2) is 5.78 Å². The van der Waals surface area contributed by atoms with Crippen molar-refractivity contribution in [2.45, 2.75) is 20.4 Å². The van der Waals surface area contributed by atoms with Crippen molar-refractivity contribution in [3.8, 4) is 11.1 Å². The SMILES string of the molecule is Cc1sc2ncn(CC(=O)c3ccc(-c4ccccc4)cc3)c(=O)c2c1C. The molecule has 27 heavy (non-hydrogen) atoms. The predicted molar refractivity (Wildman–Crippen MR) is 110 cm³/mol. The molecule has 134 valence electrons. The Morgan fingerprint density at radius 1 is 1.00 bits per heavy atom. The first kappa shape index (κ1) is 17.4. The lowest BCUT2D eigenvalue weighted by atomic mass is 10.0. The molecule has 4 rings (SSSR count). The van der Waals surface area contributed by atoms with Gasteiger partial charge in [0.05, 0.1) is 18.3 Å². The van der Waals surface area contributed by atoms with Gasteiger partial charge in [-0.25, -0.2) is 4.98 Å². The average Bonchev–Trinajstić information content (AvgIpc) is 2.99. The summed E-state index contributed by atoms with van der Waals surface area (Å²) in [5, 5.41) is 0.618. The number of hydrogen-bond acceptors (Lipinski definition) is 4. The Balaban J connectivity index is 1.61. The average molecular weight is 374 g/mol. The third-order valence-electron chi connectivity index (χ3n) is 4.78. The zero-order valence-electron chi connectivity index (χ0n) is 15.1. The zero-order chi connectivity index (χ0) is 19.0. The summed E-state index contributed by atoms with van der Waals surface area (Å²) >= 11 is 1.51. The van der Waals surface area contributed by atoms with Gasteiger partial charge in [0.1, 0.15) is 4.83 Å². The van der Waals surface area contributed by atoms with E-state index in [2.05, 4.69) is 4.98 Å². The highest BCUT2D eigenvalue weighted by molar-refractivity contribution is 7.18. The molecule has 4 aromatic rings. The molecule has 0 aliphatic heterocycles. The first-order valence-corrected chi connectivity index (χ1v) is 9.50. The molecule has 0 fully saturated rings. The van der Waals surface area contributed by atoms with Crippen LogP contribution >= 0.6 is 11.3 Å². The van der Waals surface area contributed by atoms with E-state index in [1.165, 1.54) is 22.2 Å². The Kier molecular flexibility index (Phi) is 4.46. The molecule has 5 heteroatoms. The molecular formula is C22H18N2O2S. The van der Waals surface area contributed by atoms with Crippen LogP contribution in [0.5, 0.6) is 0 Å². The van der Waals surface area contributed by atoms with Gasteiger partial charge in [-0.1, -0.05) is 54.6 Å². The van der Waals surface area contributed by atoms with E-state index in [1.54, 1.807) is 0 Å². The van der Waals surface area contributed by atoms with Crippen molar-refractivity contribution < 1.29 is 4.79 Å². The van der Waals surface area contributed by atoms with Crippen molar-refractivity contribution in [1.82, 2.24) is 9.55 Å². The van der Waals surface area contributed by atoms with Gasteiger partial charge in [0.2, 0.25) is 0 Å². The van der Waals surface area contributed by atoms with E-state index in [9.17, 15) is 9.59 Å². The summed E-state index contributed by atoms with van der Waals surface area (Å²) in [7, 11) is 0. The van der Waals surface area contributed by atoms with Crippen LogP contribution in [0, 0.1) is 13.8 Å². The summed E-state index contributed by atoms with van der Waals surface area (Å²) in [6.07, 6.45) is 1.47. The van der Waals surface area contributed by atoms with Crippen molar-refractivity contribution in [2.24, 2.45) is 0 Å². The number of aryl methyl sites for hydroxylation is 2. The van der Waals surface area contributed by atoms with Crippen LogP contribution < -0.4 is 5.56 Å². The van der Waals surface area contributed by atoms with E-state index < -0.39 is 0 Å². The highest BCUT2D eigenvalue weighted by Crippen LogP contribution is 2.25. The van der Waals surface area contributed by atoms with E-state index in [0.29, 0.717) is 10.9 Å². The number of nitrogens with zero attached hydrogens (tertiary/aromatic N) is 2. The van der Waals surface area contributed by atoms with Crippen molar-refractivity contribution in [1.29, 1.82) is 0 Å². The van der Waals surface area contributed by atoms with Gasteiger partial charge < -0.3 is 0 Å². The highest BCUT2D eigenvalue weighted by atomic mass is 32.1. The fourth-order valence-electron chi connectivity index (χ4n) is 3.11. The van der Waals surface area contributed by atoms with Crippen LogP contribution in [-0.4, -0.2) is 15.3 Å². The van der Waals surface area contributed by atoms with Gasteiger partial charge >= 0.3 is 0 Å². The molecule has 0 aliphatic rings. The number of aromatic nitrogens is 2. The number of hydrogen-bond donors (Lipinski definition) is 0. The van der Waals surface area contributed by atoms with Crippen LogP contribution in [0.2, 0.25) is 0 Å². The maximum atomic E-state index is 12.7. The van der Waals surface area contributed by atoms with Crippen LogP contribution in [0.1, 0.15) is 20.8 Å². The Labute approximate surface area is 160 Å². The van der Waals surface area contributed by atoms with Crippen molar-refractivity contribution in [3.05, 3.63) is 87.3 Å². The lowest BCUT2D eigenvalue weighted by molar-refractivity contribution is 0.0970. The minimum Gasteiger partial charge on any atom is -0.292 e. The van der Waals surface area contributed by atoms with Gasteiger partial charge in [0.25, 0.3) is 5.56 Å². The van der Waals surface area contributed by atoms with Gasteiger partial charge in [-0.2, -0.15) is 0 Å². The molecule has 0 spiro atoms. The lowest BCUT2D eigenvalue weighted by Crippen LogP contribution is -2.24. The summed E-state index contributed by atoms with van der Waals surface area (Å²) in [6.45, 7) is 3.89. The molecule has 0 N–H and O–H groups in total. The monoisotopic (exact) mass is 374 g/mol. The standard InChI is InChI=1S/C22H18N2O2S/c1-14-15(2)27-21-20(14)22(26)24(13-23-21)12-19(25)18-10-8-17(9-11-18)16-6-4-3-5-7-16/h3-11,13H,12H2,1-2H3. The first-order chi connectivity index (χ1) is 13.0. The molecule has 0 unspecified atom stereocenters. The molecule has 2 aromatic carbocycles. The molecule has 0 saturated carbocycles. The van der Waals surface area contributed by atoms with Crippen molar-refractivity contribution in [2.75, 3.05) is 0 Å². The smallest absolute Gasteiger partial charge is 0.262 e. The summed E-state index contributed by atoms with van der Waals surface area (Å²) in [6, 6.07) is 17.5. The Hall–Kier alpha value is -3.05. The predicted octanol–water partition coefficient (Wildman–Crippen LogP) is 4.62. The van der Waals surface area contributed by atoms with E-state index in [0.717, 1.165) is 26.4 Å². The third-order valence-corrected chi connectivity index (χ3v) is 5.90. The van der Waals surface area contributed by atoms with E-state index >= 15 is 0 Å². The molecule has 0 aliphatic carbocycles. The van der Waals surface area contributed by atoms with Gasteiger partial charge in [-0.05, 0) is 30.5 Å². The van der Waals surface area contributed by atoms with Crippen LogP contribution in [0.25, 0.3) is 21.3 Å². The molecule has 0 saturated heterocycles.